The molecule has 1 unspecified atom stereocenters. The summed E-state index contributed by atoms with van der Waals surface area (Å²) in [7, 11) is 0. The lowest BCUT2D eigenvalue weighted by Gasteiger charge is -2.23. The van der Waals surface area contributed by atoms with Crippen LogP contribution in [0.15, 0.2) is 24.3 Å². The molecule has 18 heavy (non-hydrogen) atoms. The third-order valence-electron chi connectivity index (χ3n) is 2.99. The third kappa shape index (κ3) is 2.48. The van der Waals surface area contributed by atoms with Crippen LogP contribution in [0.5, 0.6) is 0 Å². The molecule has 1 aliphatic rings. The first-order valence-corrected chi connectivity index (χ1v) is 5.51. The van der Waals surface area contributed by atoms with Crippen molar-refractivity contribution in [2.24, 2.45) is 0 Å². The number of aliphatic hydroxyl groups is 1. The van der Waals surface area contributed by atoms with E-state index in [1.807, 2.05) is 0 Å². The van der Waals surface area contributed by atoms with Crippen molar-refractivity contribution in [2.45, 2.75) is 18.7 Å². The molecular weight excluding hydrogens is 247 g/mol. The van der Waals surface area contributed by atoms with Crippen LogP contribution in [0.3, 0.4) is 0 Å². The van der Waals surface area contributed by atoms with E-state index in [0.717, 1.165) is 5.56 Å². The summed E-state index contributed by atoms with van der Waals surface area (Å²) in [6.45, 7) is -0.359. The van der Waals surface area contributed by atoms with E-state index in [0.29, 0.717) is 16.9 Å². The van der Waals surface area contributed by atoms with Crippen molar-refractivity contribution in [1.29, 1.82) is 0 Å². The number of hydrogen-bond acceptors (Lipinski definition) is 2. The molecule has 1 heterocycles. The minimum absolute atomic E-state index is 0.0353. The maximum atomic E-state index is 12.3. The summed E-state index contributed by atoms with van der Waals surface area (Å²) in [5.74, 6) is -1.89. The normalized spacial score (nSPS) is 20.2. The SMILES string of the molecule is O=C(N1CCc2ccccc2C(O)C1)C(F)(F)F. The van der Waals surface area contributed by atoms with Gasteiger partial charge in [-0.2, -0.15) is 13.2 Å². The number of nitrogens with zero attached hydrogens (tertiary/aromatic N) is 1. The number of amides is 1. The van der Waals surface area contributed by atoms with E-state index >= 15 is 0 Å². The minimum Gasteiger partial charge on any atom is -0.387 e. The maximum Gasteiger partial charge on any atom is 0.471 e. The molecule has 3 nitrogen and oxygen atoms in total. The van der Waals surface area contributed by atoms with Gasteiger partial charge in [0, 0.05) is 6.54 Å². The summed E-state index contributed by atoms with van der Waals surface area (Å²) in [5, 5.41) is 9.87. The highest BCUT2D eigenvalue weighted by Gasteiger charge is 2.43. The van der Waals surface area contributed by atoms with Gasteiger partial charge in [0.05, 0.1) is 12.6 Å². The Morgan fingerprint density at radius 3 is 2.67 bits per heavy atom. The van der Waals surface area contributed by atoms with Gasteiger partial charge < -0.3 is 10.0 Å². The van der Waals surface area contributed by atoms with Crippen molar-refractivity contribution >= 4 is 5.91 Å². The molecule has 2 rings (SSSR count). The highest BCUT2D eigenvalue weighted by Crippen LogP contribution is 2.26. The third-order valence-corrected chi connectivity index (χ3v) is 2.99. The predicted octanol–water partition coefficient (Wildman–Crippen LogP) is 1.67. The number of β-amino-alcohol motifs (C(OH)–C–C–N with tert-alkyl or cyclic N) is 1. The number of alkyl halides is 3. The molecule has 1 aromatic carbocycles. The molecule has 0 aromatic heterocycles. The van der Waals surface area contributed by atoms with Crippen molar-refractivity contribution < 1.29 is 23.1 Å². The zero-order chi connectivity index (χ0) is 13.3. The van der Waals surface area contributed by atoms with Crippen LogP contribution >= 0.6 is 0 Å². The molecule has 0 bridgehead atoms. The van der Waals surface area contributed by atoms with Crippen molar-refractivity contribution in [3.8, 4) is 0 Å². The molecule has 0 aliphatic carbocycles. The van der Waals surface area contributed by atoms with Crippen molar-refractivity contribution in [3.63, 3.8) is 0 Å². The van der Waals surface area contributed by atoms with Gasteiger partial charge in [-0.15, -0.1) is 0 Å². The Bertz CT molecular complexity index is 459. The zero-order valence-corrected chi connectivity index (χ0v) is 9.44. The standard InChI is InChI=1S/C12H12F3NO2/c13-12(14,15)11(18)16-6-5-8-3-1-2-4-9(8)10(17)7-16/h1-4,10,17H,5-7H2. The number of fused-ring (bicyclic) bond motifs is 1. The van der Waals surface area contributed by atoms with Crippen LogP contribution in [0.2, 0.25) is 0 Å². The van der Waals surface area contributed by atoms with E-state index in [-0.39, 0.29) is 13.1 Å². The topological polar surface area (TPSA) is 40.5 Å². The maximum absolute atomic E-state index is 12.3. The van der Waals surface area contributed by atoms with Gasteiger partial charge in [-0.1, -0.05) is 24.3 Å². The van der Waals surface area contributed by atoms with Crippen LogP contribution in [0.25, 0.3) is 0 Å². The van der Waals surface area contributed by atoms with Gasteiger partial charge in [0.15, 0.2) is 0 Å². The largest absolute Gasteiger partial charge is 0.471 e. The van der Waals surface area contributed by atoms with Gasteiger partial charge in [0.25, 0.3) is 0 Å². The molecule has 0 saturated carbocycles. The van der Waals surface area contributed by atoms with Crippen LogP contribution in [0.1, 0.15) is 17.2 Å². The second-order valence-corrected chi connectivity index (χ2v) is 4.21. The molecule has 1 aliphatic heterocycles. The van der Waals surface area contributed by atoms with Gasteiger partial charge in [-0.05, 0) is 17.5 Å². The van der Waals surface area contributed by atoms with E-state index in [9.17, 15) is 23.1 Å². The molecular formula is C12H12F3NO2. The minimum atomic E-state index is -4.89. The Hall–Kier alpha value is -1.56. The lowest BCUT2D eigenvalue weighted by Crippen LogP contribution is -2.43. The van der Waals surface area contributed by atoms with Gasteiger partial charge in [-0.3, -0.25) is 4.79 Å². The van der Waals surface area contributed by atoms with E-state index < -0.39 is 18.2 Å². The monoisotopic (exact) mass is 259 g/mol. The lowest BCUT2D eigenvalue weighted by atomic mass is 10.0. The number of carbonyl (C=O) groups excluding carboxylic acids is 1. The molecule has 0 fully saturated rings. The quantitative estimate of drug-likeness (QED) is 0.770. The Labute approximate surface area is 102 Å². The average molecular weight is 259 g/mol. The van der Waals surface area contributed by atoms with E-state index in [1.165, 1.54) is 0 Å². The first-order valence-electron chi connectivity index (χ1n) is 5.51. The van der Waals surface area contributed by atoms with Crippen LogP contribution in [-0.4, -0.2) is 35.2 Å². The van der Waals surface area contributed by atoms with Crippen molar-refractivity contribution in [3.05, 3.63) is 35.4 Å². The van der Waals surface area contributed by atoms with Gasteiger partial charge in [-0.25, -0.2) is 0 Å². The van der Waals surface area contributed by atoms with Gasteiger partial charge in [0.2, 0.25) is 0 Å². The Morgan fingerprint density at radius 2 is 2.00 bits per heavy atom. The number of hydrogen-bond donors (Lipinski definition) is 1. The summed E-state index contributed by atoms with van der Waals surface area (Å²) in [6, 6.07) is 6.89. The van der Waals surface area contributed by atoms with Crippen LogP contribution in [0.4, 0.5) is 13.2 Å². The Kier molecular flexibility index (Phi) is 3.30. The van der Waals surface area contributed by atoms with Crippen molar-refractivity contribution in [2.75, 3.05) is 13.1 Å². The fourth-order valence-corrected chi connectivity index (χ4v) is 2.10. The fraction of sp³-hybridized carbons (Fsp3) is 0.417. The lowest BCUT2D eigenvalue weighted by molar-refractivity contribution is -0.186. The average Bonchev–Trinajstić information content (AvgIpc) is 2.47. The van der Waals surface area contributed by atoms with E-state index in [2.05, 4.69) is 0 Å². The number of rotatable bonds is 0. The van der Waals surface area contributed by atoms with Crippen LogP contribution in [0, 0.1) is 0 Å². The Balaban J connectivity index is 2.22. The van der Waals surface area contributed by atoms with E-state index in [4.69, 9.17) is 0 Å². The molecule has 0 radical (unpaired) electrons. The first kappa shape index (κ1) is 12.9. The molecule has 1 aromatic rings. The Morgan fingerprint density at radius 1 is 1.33 bits per heavy atom. The molecule has 1 atom stereocenters. The van der Waals surface area contributed by atoms with Crippen LogP contribution < -0.4 is 0 Å². The fourth-order valence-electron chi connectivity index (χ4n) is 2.10. The number of halogens is 3. The van der Waals surface area contributed by atoms with Gasteiger partial charge >= 0.3 is 12.1 Å². The van der Waals surface area contributed by atoms with Crippen LogP contribution in [-0.2, 0) is 11.2 Å². The van der Waals surface area contributed by atoms with Crippen molar-refractivity contribution in [1.82, 2.24) is 4.90 Å². The second-order valence-electron chi connectivity index (χ2n) is 4.21. The van der Waals surface area contributed by atoms with Gasteiger partial charge in [0.1, 0.15) is 0 Å². The highest BCUT2D eigenvalue weighted by atomic mass is 19.4. The summed E-state index contributed by atoms with van der Waals surface area (Å²) in [6.07, 6.45) is -5.65. The molecule has 1 amide bonds. The molecule has 6 heteroatoms. The molecule has 1 N–H and O–H groups in total. The number of benzene rings is 1. The summed E-state index contributed by atoms with van der Waals surface area (Å²) in [4.78, 5) is 11.8. The summed E-state index contributed by atoms with van der Waals surface area (Å²) >= 11 is 0. The molecule has 98 valence electrons. The number of aliphatic hydroxyl groups excluding tert-OH is 1. The smallest absolute Gasteiger partial charge is 0.387 e. The molecule has 0 saturated heterocycles. The zero-order valence-electron chi connectivity index (χ0n) is 9.44. The van der Waals surface area contributed by atoms with E-state index in [1.54, 1.807) is 24.3 Å². The summed E-state index contributed by atoms with van der Waals surface area (Å²) < 4.78 is 37.0. The predicted molar refractivity (Wildman–Crippen MR) is 57.7 cm³/mol. The first-order chi connectivity index (χ1) is 8.39. The number of carbonyl (C=O) groups is 1. The summed E-state index contributed by atoms with van der Waals surface area (Å²) in [5.41, 5.74) is 1.37. The second kappa shape index (κ2) is 4.61. The highest BCUT2D eigenvalue weighted by molar-refractivity contribution is 5.82. The molecule has 0 spiro atoms.